The van der Waals surface area contributed by atoms with Gasteiger partial charge in [-0.05, 0) is 61.4 Å². The second kappa shape index (κ2) is 9.68. The Morgan fingerprint density at radius 2 is 1.72 bits per heavy atom. The molecule has 164 valence electrons. The lowest BCUT2D eigenvalue weighted by Crippen LogP contribution is -2.25. The number of hydrogen-bond acceptors (Lipinski definition) is 3. The highest BCUT2D eigenvalue weighted by Crippen LogP contribution is 2.38. The van der Waals surface area contributed by atoms with Crippen LogP contribution in [0, 0.1) is 0 Å². The fourth-order valence-electron chi connectivity index (χ4n) is 3.72. The third-order valence-electron chi connectivity index (χ3n) is 5.23. The molecule has 0 saturated heterocycles. The van der Waals surface area contributed by atoms with Gasteiger partial charge in [0, 0.05) is 17.7 Å². The number of rotatable bonds is 7. The summed E-state index contributed by atoms with van der Waals surface area (Å²) in [6, 6.07) is 18.9. The third kappa shape index (κ3) is 4.47. The summed E-state index contributed by atoms with van der Waals surface area (Å²) in [6.45, 7) is 5.34. The van der Waals surface area contributed by atoms with Crippen LogP contribution in [-0.4, -0.2) is 19.1 Å². The van der Waals surface area contributed by atoms with E-state index in [1.54, 1.807) is 17.0 Å². The molecule has 1 amide bonds. The highest BCUT2D eigenvalue weighted by atomic mass is 35.5. The summed E-state index contributed by atoms with van der Waals surface area (Å²) < 4.78 is 11.8. The van der Waals surface area contributed by atoms with Crippen LogP contribution in [-0.2, 0) is 11.4 Å². The van der Waals surface area contributed by atoms with Gasteiger partial charge in [-0.2, -0.15) is 0 Å². The fraction of sp³-hybridized carbons (Fsp3) is 0.192. The van der Waals surface area contributed by atoms with Crippen molar-refractivity contribution in [2.45, 2.75) is 20.5 Å². The smallest absolute Gasteiger partial charge is 0.258 e. The first-order valence-corrected chi connectivity index (χ1v) is 11.2. The summed E-state index contributed by atoms with van der Waals surface area (Å²) in [7, 11) is 0. The number of benzene rings is 3. The summed E-state index contributed by atoms with van der Waals surface area (Å²) >= 11 is 12.1. The largest absolute Gasteiger partial charge is 0.490 e. The predicted molar refractivity (Wildman–Crippen MR) is 131 cm³/mol. The van der Waals surface area contributed by atoms with Crippen LogP contribution < -0.4 is 14.4 Å². The van der Waals surface area contributed by atoms with Crippen LogP contribution in [0.2, 0.25) is 10.0 Å². The number of carbonyl (C=O) groups excluding carboxylic acids is 1. The molecule has 3 aromatic rings. The molecule has 6 heteroatoms. The van der Waals surface area contributed by atoms with Gasteiger partial charge in [-0.3, -0.25) is 4.79 Å². The van der Waals surface area contributed by atoms with Crippen molar-refractivity contribution in [3.8, 4) is 11.5 Å². The molecule has 0 atom stereocenters. The molecular weight excluding hydrogens is 445 g/mol. The topological polar surface area (TPSA) is 38.8 Å². The highest BCUT2D eigenvalue weighted by Gasteiger charge is 2.30. The van der Waals surface area contributed by atoms with Gasteiger partial charge in [0.25, 0.3) is 5.91 Å². The number of halogens is 2. The summed E-state index contributed by atoms with van der Waals surface area (Å²) in [4.78, 5) is 14.8. The molecule has 4 rings (SSSR count). The molecular formula is C26H23Cl2NO3. The first kappa shape index (κ1) is 22.3. The maximum atomic E-state index is 13.0. The van der Waals surface area contributed by atoms with Crippen LogP contribution >= 0.6 is 23.2 Å². The minimum atomic E-state index is 0.00611. The van der Waals surface area contributed by atoms with E-state index in [-0.39, 0.29) is 5.91 Å². The van der Waals surface area contributed by atoms with Gasteiger partial charge < -0.3 is 14.4 Å². The number of amides is 1. The third-order valence-corrected chi connectivity index (χ3v) is 5.97. The lowest BCUT2D eigenvalue weighted by Gasteiger charge is -2.14. The van der Waals surface area contributed by atoms with Crippen molar-refractivity contribution < 1.29 is 14.3 Å². The number of anilines is 1. The van der Waals surface area contributed by atoms with Crippen molar-refractivity contribution in [2.24, 2.45) is 0 Å². The lowest BCUT2D eigenvalue weighted by molar-refractivity contribution is -0.112. The Morgan fingerprint density at radius 1 is 0.906 bits per heavy atom. The van der Waals surface area contributed by atoms with Gasteiger partial charge in [-0.1, -0.05) is 53.5 Å². The van der Waals surface area contributed by atoms with Gasteiger partial charge in [0.05, 0.1) is 22.3 Å². The number of hydrogen-bond donors (Lipinski definition) is 0. The van der Waals surface area contributed by atoms with E-state index in [1.807, 2.05) is 68.5 Å². The average Bonchev–Trinajstić information content (AvgIpc) is 3.06. The second-order valence-electron chi connectivity index (χ2n) is 7.30. The molecule has 0 aromatic heterocycles. The maximum Gasteiger partial charge on any atom is 0.258 e. The van der Waals surface area contributed by atoms with E-state index in [0.29, 0.717) is 46.9 Å². The van der Waals surface area contributed by atoms with Crippen LogP contribution in [0.1, 0.15) is 30.5 Å². The number of ether oxygens (including phenoxy) is 2. The van der Waals surface area contributed by atoms with Crippen LogP contribution in [0.3, 0.4) is 0 Å². The Hall–Kier alpha value is -2.95. The number of fused-ring (bicyclic) bond motifs is 1. The first-order chi connectivity index (χ1) is 15.5. The highest BCUT2D eigenvalue weighted by molar-refractivity contribution is 6.42. The molecule has 3 aromatic carbocycles. The summed E-state index contributed by atoms with van der Waals surface area (Å²) in [5.74, 6) is 1.24. The quantitative estimate of drug-likeness (QED) is 0.355. The normalized spacial score (nSPS) is 14.1. The van der Waals surface area contributed by atoms with E-state index in [0.717, 1.165) is 22.4 Å². The van der Waals surface area contributed by atoms with Gasteiger partial charge in [0.15, 0.2) is 11.5 Å². The molecule has 0 bridgehead atoms. The Bertz CT molecular complexity index is 1190. The number of carbonyl (C=O) groups is 1. The van der Waals surface area contributed by atoms with Gasteiger partial charge in [-0.15, -0.1) is 0 Å². The molecule has 1 heterocycles. The van der Waals surface area contributed by atoms with Crippen molar-refractivity contribution in [3.05, 3.63) is 87.4 Å². The van der Waals surface area contributed by atoms with Gasteiger partial charge in [0.1, 0.15) is 6.61 Å². The Kier molecular flexibility index (Phi) is 6.73. The lowest BCUT2D eigenvalue weighted by atomic mass is 10.0. The molecule has 0 N–H and O–H groups in total. The Labute approximate surface area is 198 Å². The first-order valence-electron chi connectivity index (χ1n) is 10.5. The van der Waals surface area contributed by atoms with Crippen molar-refractivity contribution in [1.29, 1.82) is 0 Å². The van der Waals surface area contributed by atoms with E-state index in [9.17, 15) is 4.79 Å². The summed E-state index contributed by atoms with van der Waals surface area (Å²) in [5, 5.41) is 0.995. The van der Waals surface area contributed by atoms with Gasteiger partial charge in [0.2, 0.25) is 0 Å². The maximum absolute atomic E-state index is 13.0. The van der Waals surface area contributed by atoms with Crippen molar-refractivity contribution in [3.63, 3.8) is 0 Å². The van der Waals surface area contributed by atoms with E-state index in [4.69, 9.17) is 32.7 Å². The molecule has 1 aliphatic rings. The fourth-order valence-corrected chi connectivity index (χ4v) is 4.04. The zero-order chi connectivity index (χ0) is 22.7. The molecule has 0 aliphatic carbocycles. The number of nitrogens with zero attached hydrogens (tertiary/aromatic N) is 1. The molecule has 0 saturated carbocycles. The number of para-hydroxylation sites is 1. The SMILES string of the molecule is CCOc1cc(/C=C2\C(=O)N(CC)c3ccccc32)ccc1OCc1ccc(Cl)c(Cl)c1. The Balaban J connectivity index is 1.61. The van der Waals surface area contributed by atoms with Crippen LogP contribution in [0.15, 0.2) is 60.7 Å². The van der Waals surface area contributed by atoms with Crippen molar-refractivity contribution >= 4 is 46.4 Å². The van der Waals surface area contributed by atoms with E-state index in [1.165, 1.54) is 0 Å². The number of likely N-dealkylation sites (N-methyl/N-ethyl adjacent to an activating group) is 1. The predicted octanol–water partition coefficient (Wildman–Crippen LogP) is 6.88. The van der Waals surface area contributed by atoms with Gasteiger partial charge in [-0.25, -0.2) is 0 Å². The summed E-state index contributed by atoms with van der Waals surface area (Å²) in [5.41, 5.74) is 4.33. The van der Waals surface area contributed by atoms with Crippen molar-refractivity contribution in [1.82, 2.24) is 0 Å². The van der Waals surface area contributed by atoms with E-state index >= 15 is 0 Å². The zero-order valence-corrected chi connectivity index (χ0v) is 19.4. The van der Waals surface area contributed by atoms with Gasteiger partial charge >= 0.3 is 0 Å². The van der Waals surface area contributed by atoms with E-state index < -0.39 is 0 Å². The zero-order valence-electron chi connectivity index (χ0n) is 17.9. The van der Waals surface area contributed by atoms with Crippen LogP contribution in [0.5, 0.6) is 11.5 Å². The summed E-state index contributed by atoms with van der Waals surface area (Å²) in [6.07, 6.45) is 1.90. The minimum absolute atomic E-state index is 0.00611. The molecule has 1 aliphatic heterocycles. The molecule has 0 spiro atoms. The second-order valence-corrected chi connectivity index (χ2v) is 8.12. The standard InChI is InChI=1S/C26H23Cl2NO3/c1-3-29-23-8-6-5-7-19(23)20(26(29)30)13-17-10-12-24(25(15-17)31-4-2)32-16-18-9-11-21(27)22(28)14-18/h5-15H,3-4,16H2,1-2H3/b20-13-. The molecule has 4 nitrogen and oxygen atoms in total. The van der Waals surface area contributed by atoms with Crippen LogP contribution in [0.4, 0.5) is 5.69 Å². The molecule has 0 radical (unpaired) electrons. The molecule has 32 heavy (non-hydrogen) atoms. The van der Waals surface area contributed by atoms with E-state index in [2.05, 4.69) is 0 Å². The molecule has 0 unspecified atom stereocenters. The molecule has 0 fully saturated rings. The van der Waals surface area contributed by atoms with Crippen molar-refractivity contribution in [2.75, 3.05) is 18.1 Å². The minimum Gasteiger partial charge on any atom is -0.490 e. The Morgan fingerprint density at radius 3 is 2.47 bits per heavy atom. The monoisotopic (exact) mass is 467 g/mol. The van der Waals surface area contributed by atoms with Crippen LogP contribution in [0.25, 0.3) is 11.6 Å². The average molecular weight is 468 g/mol.